The lowest BCUT2D eigenvalue weighted by atomic mass is 10.1. The molecule has 4 amide bonds. The summed E-state index contributed by atoms with van der Waals surface area (Å²) in [5.41, 5.74) is 1.52. The topological polar surface area (TPSA) is 116 Å². The molecule has 10 heteroatoms. The normalized spacial score (nSPS) is 16.7. The van der Waals surface area contributed by atoms with Gasteiger partial charge in [0, 0.05) is 62.7 Å². The molecule has 0 saturated carbocycles. The van der Waals surface area contributed by atoms with Crippen LogP contribution in [0.4, 0.5) is 22.0 Å². The number of methoxy groups -OCH3 is 1. The average molecular weight is 424 g/mol. The lowest BCUT2D eigenvalue weighted by molar-refractivity contribution is -0.120. The van der Waals surface area contributed by atoms with Crippen molar-refractivity contribution in [1.82, 2.24) is 15.6 Å². The Morgan fingerprint density at radius 2 is 1.94 bits per heavy atom. The number of carbonyl (C=O) groups is 3. The van der Waals surface area contributed by atoms with Gasteiger partial charge in [-0.1, -0.05) is 0 Å². The van der Waals surface area contributed by atoms with Gasteiger partial charge in [0.15, 0.2) is 0 Å². The van der Waals surface area contributed by atoms with Crippen LogP contribution in [0.5, 0.6) is 5.75 Å². The van der Waals surface area contributed by atoms with E-state index in [1.165, 1.54) is 12.0 Å². The van der Waals surface area contributed by atoms with E-state index < -0.39 is 6.03 Å². The summed E-state index contributed by atoms with van der Waals surface area (Å²) in [6, 6.07) is 7.92. The van der Waals surface area contributed by atoms with E-state index in [1.807, 2.05) is 6.07 Å². The molecular formula is C21H24N6O4. The zero-order valence-corrected chi connectivity index (χ0v) is 17.2. The number of aromatic nitrogens is 1. The van der Waals surface area contributed by atoms with Crippen molar-refractivity contribution in [1.29, 1.82) is 0 Å². The first-order valence-corrected chi connectivity index (χ1v) is 10.1. The van der Waals surface area contributed by atoms with E-state index in [2.05, 4.69) is 25.8 Å². The van der Waals surface area contributed by atoms with Gasteiger partial charge in [-0.15, -0.1) is 0 Å². The predicted molar refractivity (Wildman–Crippen MR) is 116 cm³/mol. The number of nitrogens with zero attached hydrogens (tertiary/aromatic N) is 3. The fourth-order valence-electron chi connectivity index (χ4n) is 3.60. The van der Waals surface area contributed by atoms with Crippen molar-refractivity contribution >= 4 is 35.0 Å². The van der Waals surface area contributed by atoms with Gasteiger partial charge in [0.1, 0.15) is 11.6 Å². The van der Waals surface area contributed by atoms with Gasteiger partial charge in [-0.3, -0.25) is 19.8 Å². The number of piperazine rings is 1. The first-order chi connectivity index (χ1) is 15.0. The fourth-order valence-corrected chi connectivity index (χ4v) is 3.60. The minimum atomic E-state index is -0.510. The molecule has 2 saturated heterocycles. The maximum Gasteiger partial charge on any atom is 0.328 e. The van der Waals surface area contributed by atoms with Gasteiger partial charge in [0.2, 0.25) is 5.91 Å². The summed E-state index contributed by atoms with van der Waals surface area (Å²) in [6.45, 7) is 3.76. The summed E-state index contributed by atoms with van der Waals surface area (Å²) in [6.07, 6.45) is 1.88. The largest absolute Gasteiger partial charge is 0.495 e. The summed E-state index contributed by atoms with van der Waals surface area (Å²) < 4.78 is 5.40. The number of ether oxygens (including phenoxy) is 1. The number of hydrogen-bond acceptors (Lipinski definition) is 7. The highest BCUT2D eigenvalue weighted by Crippen LogP contribution is 2.31. The zero-order valence-electron chi connectivity index (χ0n) is 17.2. The monoisotopic (exact) mass is 424 g/mol. The van der Waals surface area contributed by atoms with Crippen molar-refractivity contribution in [2.24, 2.45) is 0 Å². The van der Waals surface area contributed by atoms with Gasteiger partial charge >= 0.3 is 6.03 Å². The highest BCUT2D eigenvalue weighted by molar-refractivity contribution is 6.08. The van der Waals surface area contributed by atoms with Crippen molar-refractivity contribution < 1.29 is 19.1 Å². The van der Waals surface area contributed by atoms with Gasteiger partial charge in [-0.05, 0) is 24.3 Å². The minimum absolute atomic E-state index is 0.203. The van der Waals surface area contributed by atoms with Gasteiger partial charge in [0.05, 0.1) is 12.8 Å². The van der Waals surface area contributed by atoms with Gasteiger partial charge in [-0.2, -0.15) is 0 Å². The Bertz CT molecular complexity index is 1010. The molecule has 2 aromatic rings. The maximum atomic E-state index is 12.8. The first-order valence-electron chi connectivity index (χ1n) is 10.1. The van der Waals surface area contributed by atoms with Crippen LogP contribution >= 0.6 is 0 Å². The molecule has 10 nitrogen and oxygen atoms in total. The SMILES string of the molecule is COc1cc(C(=O)Nc2ccnc(N3CCNCC3)c2)ccc1N1CCC(=O)NC1=O. The molecule has 2 aliphatic rings. The van der Waals surface area contributed by atoms with Gasteiger partial charge in [-0.25, -0.2) is 9.78 Å². The van der Waals surface area contributed by atoms with Crippen LogP contribution in [0.15, 0.2) is 36.5 Å². The molecule has 1 aromatic heterocycles. The van der Waals surface area contributed by atoms with Crippen molar-refractivity contribution in [3.05, 3.63) is 42.1 Å². The van der Waals surface area contributed by atoms with Crippen molar-refractivity contribution in [3.8, 4) is 5.75 Å². The van der Waals surface area contributed by atoms with Crippen molar-refractivity contribution in [2.75, 3.05) is 55.0 Å². The van der Waals surface area contributed by atoms with Crippen LogP contribution in [-0.2, 0) is 4.79 Å². The number of benzene rings is 1. The number of pyridine rings is 1. The number of hydrogen-bond donors (Lipinski definition) is 3. The van der Waals surface area contributed by atoms with Gasteiger partial charge < -0.3 is 20.3 Å². The summed E-state index contributed by atoms with van der Waals surface area (Å²) in [7, 11) is 1.47. The summed E-state index contributed by atoms with van der Waals surface area (Å²) in [5, 5.41) is 8.47. The Morgan fingerprint density at radius 3 is 2.68 bits per heavy atom. The van der Waals surface area contributed by atoms with E-state index >= 15 is 0 Å². The van der Waals surface area contributed by atoms with Crippen LogP contribution in [0, 0.1) is 0 Å². The van der Waals surface area contributed by atoms with E-state index in [1.54, 1.807) is 30.5 Å². The summed E-state index contributed by atoms with van der Waals surface area (Å²) in [4.78, 5) is 44.3. The molecule has 0 aliphatic carbocycles. The molecule has 1 aromatic carbocycles. The number of rotatable bonds is 5. The Morgan fingerprint density at radius 1 is 1.13 bits per heavy atom. The van der Waals surface area contributed by atoms with Crippen LogP contribution in [0.2, 0.25) is 0 Å². The number of urea groups is 1. The minimum Gasteiger partial charge on any atom is -0.495 e. The van der Waals surface area contributed by atoms with E-state index in [9.17, 15) is 14.4 Å². The van der Waals surface area contributed by atoms with E-state index in [-0.39, 0.29) is 24.8 Å². The summed E-state index contributed by atoms with van der Waals surface area (Å²) >= 11 is 0. The van der Waals surface area contributed by atoms with E-state index in [0.29, 0.717) is 22.7 Å². The van der Waals surface area contributed by atoms with Crippen LogP contribution < -0.4 is 30.5 Å². The molecule has 0 radical (unpaired) electrons. The molecule has 0 atom stereocenters. The standard InChI is InChI=1S/C21H24N6O4/c1-31-17-12-14(2-3-16(17)27-9-5-19(28)25-21(27)30)20(29)24-15-4-6-23-18(13-15)26-10-7-22-8-11-26/h2-4,6,12-13,22H,5,7-11H2,1H3,(H,23,24,29)(H,25,28,30). The number of amides is 4. The Kier molecular flexibility index (Phi) is 5.99. The Labute approximate surface area is 179 Å². The molecule has 0 bridgehead atoms. The fraction of sp³-hybridized carbons (Fsp3) is 0.333. The smallest absolute Gasteiger partial charge is 0.328 e. The second-order valence-corrected chi connectivity index (χ2v) is 7.24. The molecule has 162 valence electrons. The highest BCUT2D eigenvalue weighted by Gasteiger charge is 2.27. The first kappa shape index (κ1) is 20.6. The Hall–Kier alpha value is -3.66. The molecule has 31 heavy (non-hydrogen) atoms. The van der Waals surface area contributed by atoms with E-state index in [0.717, 1.165) is 32.0 Å². The molecule has 3 N–H and O–H groups in total. The molecule has 3 heterocycles. The molecule has 4 rings (SSSR count). The summed E-state index contributed by atoms with van der Waals surface area (Å²) in [5.74, 6) is 0.570. The van der Waals surface area contributed by atoms with Crippen LogP contribution in [0.1, 0.15) is 16.8 Å². The lowest BCUT2D eigenvalue weighted by Gasteiger charge is -2.28. The third-order valence-corrected chi connectivity index (χ3v) is 5.23. The lowest BCUT2D eigenvalue weighted by Crippen LogP contribution is -2.49. The van der Waals surface area contributed by atoms with E-state index in [4.69, 9.17) is 4.74 Å². The van der Waals surface area contributed by atoms with Crippen molar-refractivity contribution in [3.63, 3.8) is 0 Å². The van der Waals surface area contributed by atoms with Gasteiger partial charge in [0.25, 0.3) is 5.91 Å². The predicted octanol–water partition coefficient (Wildman–Crippen LogP) is 1.20. The average Bonchev–Trinajstić information content (AvgIpc) is 2.79. The van der Waals surface area contributed by atoms with Crippen LogP contribution in [0.25, 0.3) is 0 Å². The number of imide groups is 1. The second kappa shape index (κ2) is 9.00. The second-order valence-electron chi connectivity index (χ2n) is 7.24. The molecule has 0 spiro atoms. The zero-order chi connectivity index (χ0) is 21.8. The third-order valence-electron chi connectivity index (χ3n) is 5.23. The van der Waals surface area contributed by atoms with Crippen LogP contribution in [0.3, 0.4) is 0 Å². The molecule has 2 aliphatic heterocycles. The van der Waals surface area contributed by atoms with Crippen LogP contribution in [-0.4, -0.2) is 62.7 Å². The molecular weight excluding hydrogens is 400 g/mol. The quantitative estimate of drug-likeness (QED) is 0.660. The Balaban J connectivity index is 1.50. The molecule has 2 fully saturated rings. The maximum absolute atomic E-state index is 12.8. The molecule has 0 unspecified atom stereocenters. The van der Waals surface area contributed by atoms with Crippen molar-refractivity contribution in [2.45, 2.75) is 6.42 Å². The number of anilines is 3. The number of carbonyl (C=O) groups excluding carboxylic acids is 3. The third kappa shape index (κ3) is 4.58. The number of nitrogens with one attached hydrogen (secondary N) is 3. The highest BCUT2D eigenvalue weighted by atomic mass is 16.5.